The van der Waals surface area contributed by atoms with Crippen molar-refractivity contribution in [3.05, 3.63) is 21.2 Å². The van der Waals surface area contributed by atoms with E-state index in [2.05, 4.69) is 37.7 Å². The standard InChI is InChI=1S/C9H14BrN3O/c1-3-5-13(4-2)8-7(10)9(14)12-6-11-8/h6H,3-5H2,1-2H3,(H,11,12,14). The minimum Gasteiger partial charge on any atom is -0.356 e. The lowest BCUT2D eigenvalue weighted by Crippen LogP contribution is -2.27. The third-order valence-electron chi connectivity index (χ3n) is 1.95. The fourth-order valence-electron chi connectivity index (χ4n) is 1.28. The van der Waals surface area contributed by atoms with Gasteiger partial charge in [-0.3, -0.25) is 4.79 Å². The van der Waals surface area contributed by atoms with Gasteiger partial charge in [0.2, 0.25) is 0 Å². The summed E-state index contributed by atoms with van der Waals surface area (Å²) in [6.07, 6.45) is 2.47. The number of aromatic nitrogens is 2. The Morgan fingerprint density at radius 1 is 1.57 bits per heavy atom. The molecule has 1 aromatic heterocycles. The molecule has 0 aliphatic heterocycles. The van der Waals surface area contributed by atoms with Gasteiger partial charge in [0.05, 0.1) is 6.33 Å². The molecule has 5 heteroatoms. The van der Waals surface area contributed by atoms with Crippen LogP contribution in [0.1, 0.15) is 20.3 Å². The molecule has 1 N–H and O–H groups in total. The summed E-state index contributed by atoms with van der Waals surface area (Å²) in [5.41, 5.74) is -0.135. The fourth-order valence-corrected chi connectivity index (χ4v) is 1.75. The second kappa shape index (κ2) is 5.14. The molecular weight excluding hydrogens is 246 g/mol. The van der Waals surface area contributed by atoms with E-state index >= 15 is 0 Å². The van der Waals surface area contributed by atoms with E-state index in [1.807, 2.05) is 6.92 Å². The van der Waals surface area contributed by atoms with Crippen LogP contribution in [0.3, 0.4) is 0 Å². The van der Waals surface area contributed by atoms with Crippen LogP contribution in [0.25, 0.3) is 0 Å². The highest BCUT2D eigenvalue weighted by atomic mass is 79.9. The maximum absolute atomic E-state index is 11.3. The highest BCUT2D eigenvalue weighted by Crippen LogP contribution is 2.18. The lowest BCUT2D eigenvalue weighted by Gasteiger charge is -2.21. The highest BCUT2D eigenvalue weighted by Gasteiger charge is 2.10. The zero-order chi connectivity index (χ0) is 10.6. The van der Waals surface area contributed by atoms with Crippen molar-refractivity contribution < 1.29 is 0 Å². The molecule has 1 rings (SSSR count). The number of rotatable bonds is 4. The maximum Gasteiger partial charge on any atom is 0.267 e. The lowest BCUT2D eigenvalue weighted by atomic mass is 10.4. The summed E-state index contributed by atoms with van der Waals surface area (Å²) in [5.74, 6) is 0.720. The summed E-state index contributed by atoms with van der Waals surface area (Å²) >= 11 is 3.24. The molecule has 0 amide bonds. The molecule has 0 aromatic carbocycles. The first-order chi connectivity index (χ1) is 6.70. The van der Waals surface area contributed by atoms with Gasteiger partial charge in [-0.1, -0.05) is 6.92 Å². The van der Waals surface area contributed by atoms with Gasteiger partial charge in [-0.15, -0.1) is 0 Å². The van der Waals surface area contributed by atoms with Gasteiger partial charge in [0.25, 0.3) is 5.56 Å². The van der Waals surface area contributed by atoms with Gasteiger partial charge in [-0.2, -0.15) is 0 Å². The molecule has 0 aliphatic carbocycles. The Hall–Kier alpha value is -0.840. The van der Waals surface area contributed by atoms with Gasteiger partial charge >= 0.3 is 0 Å². The largest absolute Gasteiger partial charge is 0.356 e. The molecule has 0 saturated heterocycles. The first-order valence-electron chi connectivity index (χ1n) is 4.68. The summed E-state index contributed by atoms with van der Waals surface area (Å²) in [6, 6.07) is 0. The monoisotopic (exact) mass is 259 g/mol. The zero-order valence-electron chi connectivity index (χ0n) is 8.38. The van der Waals surface area contributed by atoms with E-state index in [0.29, 0.717) is 4.47 Å². The summed E-state index contributed by atoms with van der Waals surface area (Å²) in [5, 5.41) is 0. The van der Waals surface area contributed by atoms with Gasteiger partial charge in [0, 0.05) is 13.1 Å². The average Bonchev–Trinajstić information content (AvgIpc) is 2.19. The Kier molecular flexibility index (Phi) is 4.13. The van der Waals surface area contributed by atoms with Crippen molar-refractivity contribution in [3.8, 4) is 0 Å². The normalized spacial score (nSPS) is 10.2. The van der Waals surface area contributed by atoms with E-state index in [-0.39, 0.29) is 5.56 Å². The van der Waals surface area contributed by atoms with Gasteiger partial charge < -0.3 is 9.88 Å². The molecule has 0 saturated carbocycles. The van der Waals surface area contributed by atoms with Crippen molar-refractivity contribution in [2.75, 3.05) is 18.0 Å². The summed E-state index contributed by atoms with van der Waals surface area (Å²) in [6.45, 7) is 5.91. The highest BCUT2D eigenvalue weighted by molar-refractivity contribution is 9.10. The maximum atomic E-state index is 11.3. The smallest absolute Gasteiger partial charge is 0.267 e. The van der Waals surface area contributed by atoms with Crippen LogP contribution in [-0.4, -0.2) is 23.1 Å². The van der Waals surface area contributed by atoms with Crippen LogP contribution in [0.2, 0.25) is 0 Å². The third kappa shape index (κ3) is 2.35. The second-order valence-electron chi connectivity index (χ2n) is 2.95. The van der Waals surface area contributed by atoms with Crippen LogP contribution in [0.15, 0.2) is 15.6 Å². The van der Waals surface area contributed by atoms with Gasteiger partial charge in [-0.25, -0.2) is 4.98 Å². The van der Waals surface area contributed by atoms with Crippen LogP contribution >= 0.6 is 15.9 Å². The van der Waals surface area contributed by atoms with E-state index < -0.39 is 0 Å². The predicted octanol–water partition coefficient (Wildman–Crippen LogP) is 1.77. The Labute approximate surface area is 91.5 Å². The van der Waals surface area contributed by atoms with E-state index in [9.17, 15) is 4.79 Å². The fraction of sp³-hybridized carbons (Fsp3) is 0.556. The van der Waals surface area contributed by atoms with E-state index in [4.69, 9.17) is 0 Å². The van der Waals surface area contributed by atoms with E-state index in [1.165, 1.54) is 6.33 Å². The molecule has 0 spiro atoms. The molecule has 78 valence electrons. The first kappa shape index (κ1) is 11.2. The van der Waals surface area contributed by atoms with Gasteiger partial charge in [0.1, 0.15) is 10.3 Å². The number of hydrogen-bond acceptors (Lipinski definition) is 3. The molecule has 0 fully saturated rings. The SMILES string of the molecule is CCCN(CC)c1nc[nH]c(=O)c1Br. The number of H-pyrrole nitrogens is 1. The van der Waals surface area contributed by atoms with Gasteiger partial charge in [-0.05, 0) is 29.3 Å². The number of halogens is 1. The van der Waals surface area contributed by atoms with Crippen molar-refractivity contribution in [3.63, 3.8) is 0 Å². The first-order valence-corrected chi connectivity index (χ1v) is 5.48. The molecule has 1 aromatic rings. The van der Waals surface area contributed by atoms with Crippen molar-refractivity contribution in [1.82, 2.24) is 9.97 Å². The van der Waals surface area contributed by atoms with Crippen LogP contribution in [-0.2, 0) is 0 Å². The molecule has 0 unspecified atom stereocenters. The Morgan fingerprint density at radius 2 is 2.29 bits per heavy atom. The van der Waals surface area contributed by atoms with E-state index in [1.54, 1.807) is 0 Å². The lowest BCUT2D eigenvalue weighted by molar-refractivity contribution is 0.772. The molecule has 0 radical (unpaired) electrons. The minimum atomic E-state index is -0.135. The number of aromatic amines is 1. The zero-order valence-corrected chi connectivity index (χ0v) is 9.97. The number of hydrogen-bond donors (Lipinski definition) is 1. The molecule has 1 heterocycles. The summed E-state index contributed by atoms with van der Waals surface area (Å²) < 4.78 is 0.510. The molecule has 0 bridgehead atoms. The summed E-state index contributed by atoms with van der Waals surface area (Å²) in [4.78, 5) is 20.0. The average molecular weight is 260 g/mol. The number of nitrogens with zero attached hydrogens (tertiary/aromatic N) is 2. The molecular formula is C9H14BrN3O. The van der Waals surface area contributed by atoms with Crippen LogP contribution in [0.5, 0.6) is 0 Å². The van der Waals surface area contributed by atoms with Gasteiger partial charge in [0.15, 0.2) is 0 Å². The Balaban J connectivity index is 3.03. The second-order valence-corrected chi connectivity index (χ2v) is 3.74. The Morgan fingerprint density at radius 3 is 2.86 bits per heavy atom. The van der Waals surface area contributed by atoms with Crippen molar-refractivity contribution in [2.45, 2.75) is 20.3 Å². The third-order valence-corrected chi connectivity index (χ3v) is 2.67. The van der Waals surface area contributed by atoms with E-state index in [0.717, 1.165) is 25.3 Å². The number of nitrogens with one attached hydrogen (secondary N) is 1. The van der Waals surface area contributed by atoms with Crippen molar-refractivity contribution in [2.24, 2.45) is 0 Å². The molecule has 4 nitrogen and oxygen atoms in total. The Bertz CT molecular complexity index is 350. The van der Waals surface area contributed by atoms with Crippen LogP contribution in [0.4, 0.5) is 5.82 Å². The predicted molar refractivity (Wildman–Crippen MR) is 60.7 cm³/mol. The topological polar surface area (TPSA) is 49.0 Å². The quantitative estimate of drug-likeness (QED) is 0.897. The molecule has 0 atom stereocenters. The minimum absolute atomic E-state index is 0.135. The van der Waals surface area contributed by atoms with Crippen molar-refractivity contribution >= 4 is 21.7 Å². The van der Waals surface area contributed by atoms with Crippen LogP contribution < -0.4 is 10.5 Å². The molecule has 14 heavy (non-hydrogen) atoms. The molecule has 0 aliphatic rings. The summed E-state index contributed by atoms with van der Waals surface area (Å²) in [7, 11) is 0. The van der Waals surface area contributed by atoms with Crippen LogP contribution in [0, 0.1) is 0 Å². The number of anilines is 1. The van der Waals surface area contributed by atoms with Crippen molar-refractivity contribution in [1.29, 1.82) is 0 Å².